The van der Waals surface area contributed by atoms with Gasteiger partial charge in [-0.05, 0) is 50.9 Å². The van der Waals surface area contributed by atoms with Gasteiger partial charge in [0.25, 0.3) is 0 Å². The Morgan fingerprint density at radius 1 is 1.37 bits per heavy atom. The predicted molar refractivity (Wildman–Crippen MR) is 75.8 cm³/mol. The van der Waals surface area contributed by atoms with E-state index in [1.165, 1.54) is 6.42 Å². The largest absolute Gasteiger partial charge is 0.444 e. The van der Waals surface area contributed by atoms with Gasteiger partial charge >= 0.3 is 6.09 Å². The van der Waals surface area contributed by atoms with E-state index in [0.717, 1.165) is 19.5 Å². The molecule has 1 heterocycles. The summed E-state index contributed by atoms with van der Waals surface area (Å²) in [5.41, 5.74) is 5.98. The molecule has 1 aliphatic heterocycles. The fourth-order valence-corrected chi connectivity index (χ4v) is 3.41. The van der Waals surface area contributed by atoms with Gasteiger partial charge in [-0.25, -0.2) is 4.79 Å². The van der Waals surface area contributed by atoms with E-state index in [1.807, 2.05) is 25.7 Å². The minimum atomic E-state index is -0.417. The van der Waals surface area contributed by atoms with Gasteiger partial charge in [-0.3, -0.25) is 0 Å². The lowest BCUT2D eigenvalue weighted by molar-refractivity contribution is 0.0146. The standard InChI is InChI=1S/C15H28N2O2/c1-14(2,3)19-13(18)17-8-6-7-10(9-17)11-12(16)15(11,4)5/h10-12H,6-9,16H2,1-5H3/t10?,11-,12-/m1/s1. The Labute approximate surface area is 116 Å². The van der Waals surface area contributed by atoms with Gasteiger partial charge in [-0.2, -0.15) is 0 Å². The summed E-state index contributed by atoms with van der Waals surface area (Å²) in [5, 5.41) is 0. The van der Waals surface area contributed by atoms with Crippen LogP contribution in [0.2, 0.25) is 0 Å². The highest BCUT2D eigenvalue weighted by Crippen LogP contribution is 2.56. The lowest BCUT2D eigenvalue weighted by Gasteiger charge is -2.34. The van der Waals surface area contributed by atoms with Crippen LogP contribution in [0.1, 0.15) is 47.5 Å². The van der Waals surface area contributed by atoms with Crippen LogP contribution >= 0.6 is 0 Å². The van der Waals surface area contributed by atoms with Gasteiger partial charge in [-0.15, -0.1) is 0 Å². The summed E-state index contributed by atoms with van der Waals surface area (Å²) in [6, 6.07) is 0.288. The van der Waals surface area contributed by atoms with Crippen LogP contribution < -0.4 is 5.73 Å². The third-order valence-corrected chi connectivity index (χ3v) is 4.61. The molecule has 4 nitrogen and oxygen atoms in total. The highest BCUT2D eigenvalue weighted by atomic mass is 16.6. The summed E-state index contributed by atoms with van der Waals surface area (Å²) in [6.45, 7) is 11.8. The Hall–Kier alpha value is -0.770. The molecule has 19 heavy (non-hydrogen) atoms. The zero-order valence-corrected chi connectivity index (χ0v) is 12.9. The molecule has 0 aromatic heterocycles. The summed E-state index contributed by atoms with van der Waals surface area (Å²) >= 11 is 0. The fraction of sp³-hybridized carbons (Fsp3) is 0.933. The molecule has 0 spiro atoms. The van der Waals surface area contributed by atoms with Crippen molar-refractivity contribution in [2.75, 3.05) is 13.1 Å². The molecule has 110 valence electrons. The van der Waals surface area contributed by atoms with Crippen molar-refractivity contribution in [2.45, 2.75) is 59.1 Å². The summed E-state index contributed by atoms with van der Waals surface area (Å²) in [7, 11) is 0. The van der Waals surface area contributed by atoms with Gasteiger partial charge in [0.05, 0.1) is 0 Å². The minimum Gasteiger partial charge on any atom is -0.444 e. The van der Waals surface area contributed by atoms with Crippen molar-refractivity contribution in [3.05, 3.63) is 0 Å². The Balaban J connectivity index is 1.93. The number of hydrogen-bond acceptors (Lipinski definition) is 3. The monoisotopic (exact) mass is 268 g/mol. The average molecular weight is 268 g/mol. The number of amides is 1. The number of ether oxygens (including phenoxy) is 1. The predicted octanol–water partition coefficient (Wildman–Crippen LogP) is 2.62. The summed E-state index contributed by atoms with van der Waals surface area (Å²) in [5.74, 6) is 1.09. The number of carbonyl (C=O) groups is 1. The molecular weight excluding hydrogens is 240 g/mol. The van der Waals surface area contributed by atoms with Crippen LogP contribution in [0.5, 0.6) is 0 Å². The molecule has 1 aliphatic carbocycles. The molecule has 0 aromatic rings. The van der Waals surface area contributed by atoms with Crippen LogP contribution in [-0.4, -0.2) is 35.7 Å². The third-order valence-electron chi connectivity index (χ3n) is 4.61. The smallest absolute Gasteiger partial charge is 0.410 e. The second-order valence-corrected chi connectivity index (χ2v) is 7.70. The van der Waals surface area contributed by atoms with Crippen molar-refractivity contribution in [1.82, 2.24) is 4.90 Å². The molecule has 2 fully saturated rings. The molecule has 1 saturated carbocycles. The topological polar surface area (TPSA) is 55.6 Å². The number of piperidine rings is 1. The highest BCUT2D eigenvalue weighted by molar-refractivity contribution is 5.68. The molecule has 0 radical (unpaired) electrons. The SMILES string of the molecule is CC(C)(C)OC(=O)N1CCCC([C@@H]2[C@@H](N)C2(C)C)C1. The van der Waals surface area contributed by atoms with E-state index in [2.05, 4.69) is 13.8 Å². The number of likely N-dealkylation sites (tertiary alicyclic amines) is 1. The molecule has 0 aromatic carbocycles. The molecule has 2 N–H and O–H groups in total. The van der Waals surface area contributed by atoms with E-state index in [-0.39, 0.29) is 17.6 Å². The van der Waals surface area contributed by atoms with E-state index in [9.17, 15) is 4.79 Å². The van der Waals surface area contributed by atoms with E-state index in [4.69, 9.17) is 10.5 Å². The van der Waals surface area contributed by atoms with Gasteiger partial charge in [0.2, 0.25) is 0 Å². The lowest BCUT2D eigenvalue weighted by atomic mass is 9.89. The molecule has 2 aliphatic rings. The normalized spacial score (nSPS) is 34.0. The molecule has 1 amide bonds. The van der Waals surface area contributed by atoms with Crippen molar-refractivity contribution in [2.24, 2.45) is 23.0 Å². The first-order valence-electron chi connectivity index (χ1n) is 7.36. The maximum absolute atomic E-state index is 12.1. The van der Waals surface area contributed by atoms with E-state index >= 15 is 0 Å². The van der Waals surface area contributed by atoms with Crippen molar-refractivity contribution in [3.8, 4) is 0 Å². The van der Waals surface area contributed by atoms with Gasteiger partial charge in [0.15, 0.2) is 0 Å². The van der Waals surface area contributed by atoms with Crippen LogP contribution in [-0.2, 0) is 4.74 Å². The molecule has 0 bridgehead atoms. The number of nitrogens with two attached hydrogens (primary N) is 1. The fourth-order valence-electron chi connectivity index (χ4n) is 3.41. The number of rotatable bonds is 1. The zero-order chi connectivity index (χ0) is 14.4. The minimum absolute atomic E-state index is 0.177. The second kappa shape index (κ2) is 4.65. The van der Waals surface area contributed by atoms with Crippen LogP contribution in [0.3, 0.4) is 0 Å². The first-order chi connectivity index (χ1) is 8.63. The average Bonchev–Trinajstić information content (AvgIpc) is 2.76. The third kappa shape index (κ3) is 3.04. The second-order valence-electron chi connectivity index (χ2n) is 7.70. The Morgan fingerprint density at radius 3 is 2.42 bits per heavy atom. The molecule has 1 unspecified atom stereocenters. The number of hydrogen-bond donors (Lipinski definition) is 1. The maximum atomic E-state index is 12.1. The lowest BCUT2D eigenvalue weighted by Crippen LogP contribution is -2.43. The number of nitrogens with zero attached hydrogens (tertiary/aromatic N) is 1. The molecule has 4 heteroatoms. The van der Waals surface area contributed by atoms with Crippen molar-refractivity contribution in [3.63, 3.8) is 0 Å². The molecule has 2 rings (SSSR count). The van der Waals surface area contributed by atoms with Crippen molar-refractivity contribution < 1.29 is 9.53 Å². The summed E-state index contributed by atoms with van der Waals surface area (Å²) in [4.78, 5) is 14.0. The number of carbonyl (C=O) groups excluding carboxylic acids is 1. The van der Waals surface area contributed by atoms with Crippen molar-refractivity contribution in [1.29, 1.82) is 0 Å². The van der Waals surface area contributed by atoms with E-state index in [0.29, 0.717) is 11.8 Å². The summed E-state index contributed by atoms with van der Waals surface area (Å²) in [6.07, 6.45) is 2.06. The van der Waals surface area contributed by atoms with Gasteiger partial charge < -0.3 is 15.4 Å². The first-order valence-corrected chi connectivity index (χ1v) is 7.36. The Kier molecular flexibility index (Phi) is 3.58. The van der Waals surface area contributed by atoms with Crippen LogP contribution in [0.15, 0.2) is 0 Å². The van der Waals surface area contributed by atoms with E-state index in [1.54, 1.807) is 0 Å². The molecular formula is C15H28N2O2. The van der Waals surface area contributed by atoms with Crippen molar-refractivity contribution >= 4 is 6.09 Å². The van der Waals surface area contributed by atoms with Crippen LogP contribution in [0, 0.1) is 17.3 Å². The maximum Gasteiger partial charge on any atom is 0.410 e. The van der Waals surface area contributed by atoms with Crippen LogP contribution in [0.25, 0.3) is 0 Å². The first kappa shape index (κ1) is 14.6. The highest BCUT2D eigenvalue weighted by Gasteiger charge is 2.59. The van der Waals surface area contributed by atoms with Gasteiger partial charge in [0.1, 0.15) is 5.60 Å². The van der Waals surface area contributed by atoms with Gasteiger partial charge in [-0.1, -0.05) is 13.8 Å². The Bertz CT molecular complexity index is 360. The van der Waals surface area contributed by atoms with Gasteiger partial charge in [0, 0.05) is 19.1 Å². The summed E-state index contributed by atoms with van der Waals surface area (Å²) < 4.78 is 5.46. The van der Waals surface area contributed by atoms with E-state index < -0.39 is 5.60 Å². The molecule has 3 atom stereocenters. The van der Waals surface area contributed by atoms with Crippen LogP contribution in [0.4, 0.5) is 4.79 Å². The zero-order valence-electron chi connectivity index (χ0n) is 12.9. The molecule has 1 saturated heterocycles. The quantitative estimate of drug-likeness (QED) is 0.795. The Morgan fingerprint density at radius 2 is 1.95 bits per heavy atom.